The minimum absolute atomic E-state index is 0. The van der Waals surface area contributed by atoms with E-state index in [1.54, 1.807) is 26.1 Å². The van der Waals surface area contributed by atoms with Crippen molar-refractivity contribution in [3.05, 3.63) is 29.3 Å². The van der Waals surface area contributed by atoms with E-state index in [0.717, 1.165) is 24.3 Å². The van der Waals surface area contributed by atoms with E-state index in [1.165, 1.54) is 5.56 Å². The number of nitrogens with zero attached hydrogens (tertiary/aromatic N) is 2. The van der Waals surface area contributed by atoms with Gasteiger partial charge in [-0.05, 0) is 51.3 Å². The first-order chi connectivity index (χ1) is 12.7. The highest BCUT2D eigenvalue weighted by Crippen LogP contribution is 2.18. The third-order valence-corrected chi connectivity index (χ3v) is 3.85. The minimum atomic E-state index is -0.491. The molecule has 0 unspecified atom stereocenters. The van der Waals surface area contributed by atoms with Gasteiger partial charge in [-0.2, -0.15) is 0 Å². The highest BCUT2D eigenvalue weighted by molar-refractivity contribution is 14.0. The van der Waals surface area contributed by atoms with Gasteiger partial charge in [-0.1, -0.05) is 12.1 Å². The number of hydrogen-bond donors (Lipinski definition) is 2. The average molecular weight is 506 g/mol. The van der Waals surface area contributed by atoms with Crippen LogP contribution in [-0.4, -0.2) is 63.4 Å². The number of likely N-dealkylation sites (N-methyl/N-ethyl adjacent to an activating group) is 1. The van der Waals surface area contributed by atoms with E-state index in [1.807, 2.05) is 27.7 Å². The van der Waals surface area contributed by atoms with Crippen LogP contribution in [0.1, 0.15) is 31.9 Å². The van der Waals surface area contributed by atoms with Crippen LogP contribution < -0.4 is 15.4 Å². The fourth-order valence-corrected chi connectivity index (χ4v) is 2.34. The number of guanidine groups is 1. The number of ether oxygens (including phenoxy) is 2. The van der Waals surface area contributed by atoms with Gasteiger partial charge in [0.2, 0.25) is 0 Å². The summed E-state index contributed by atoms with van der Waals surface area (Å²) in [5.41, 5.74) is 1.83. The molecule has 0 fully saturated rings. The maximum absolute atomic E-state index is 11.9. The molecule has 0 aliphatic rings. The number of carbonyl (C=O) groups excluding carboxylic acids is 1. The summed E-state index contributed by atoms with van der Waals surface area (Å²) in [7, 11) is 5.13. The zero-order chi connectivity index (χ0) is 20.4. The first kappa shape index (κ1) is 26.3. The predicted molar refractivity (Wildman–Crippen MR) is 125 cm³/mol. The number of aliphatic imine (C=N–C) groups is 1. The Labute approximate surface area is 186 Å². The Morgan fingerprint density at radius 3 is 2.43 bits per heavy atom. The second kappa shape index (κ2) is 12.7. The molecule has 0 aromatic heterocycles. The van der Waals surface area contributed by atoms with Gasteiger partial charge in [-0.25, -0.2) is 4.79 Å². The van der Waals surface area contributed by atoms with Gasteiger partial charge in [-0.15, -0.1) is 24.0 Å². The van der Waals surface area contributed by atoms with E-state index in [9.17, 15) is 4.79 Å². The highest BCUT2D eigenvalue weighted by Gasteiger charge is 2.19. The zero-order valence-electron chi connectivity index (χ0n) is 18.1. The Hall–Kier alpha value is -1.71. The highest BCUT2D eigenvalue weighted by atomic mass is 127. The first-order valence-electron chi connectivity index (χ1n) is 9.18. The molecule has 0 aliphatic heterocycles. The lowest BCUT2D eigenvalue weighted by Crippen LogP contribution is -2.43. The Kier molecular flexibility index (Phi) is 11.9. The van der Waals surface area contributed by atoms with E-state index >= 15 is 0 Å². The number of halogens is 1. The SMILES string of the molecule is CN=C(NCCc1ccc(C)c(OC)c1)NCCN(C)C(=O)OC(C)(C)C.I. The van der Waals surface area contributed by atoms with Gasteiger partial charge in [-0.3, -0.25) is 4.99 Å². The first-order valence-corrected chi connectivity index (χ1v) is 9.18. The summed E-state index contributed by atoms with van der Waals surface area (Å²) in [4.78, 5) is 17.7. The van der Waals surface area contributed by atoms with Crippen LogP contribution in [0.25, 0.3) is 0 Å². The van der Waals surface area contributed by atoms with Crippen molar-refractivity contribution in [2.24, 2.45) is 4.99 Å². The minimum Gasteiger partial charge on any atom is -0.496 e. The molecule has 0 bridgehead atoms. The van der Waals surface area contributed by atoms with E-state index in [0.29, 0.717) is 19.0 Å². The van der Waals surface area contributed by atoms with Crippen LogP contribution in [0.3, 0.4) is 0 Å². The van der Waals surface area contributed by atoms with Crippen LogP contribution in [0, 0.1) is 6.92 Å². The van der Waals surface area contributed by atoms with E-state index in [2.05, 4.69) is 33.8 Å². The molecule has 1 aromatic rings. The Balaban J connectivity index is 0.00000729. The molecule has 0 heterocycles. The second-order valence-electron chi connectivity index (χ2n) is 7.38. The molecular formula is C20H35IN4O3. The monoisotopic (exact) mass is 506 g/mol. The maximum Gasteiger partial charge on any atom is 0.410 e. The van der Waals surface area contributed by atoms with E-state index in [-0.39, 0.29) is 30.1 Å². The molecule has 1 amide bonds. The van der Waals surface area contributed by atoms with Crippen LogP contribution in [0.5, 0.6) is 5.75 Å². The predicted octanol–water partition coefficient (Wildman–Crippen LogP) is 3.20. The van der Waals surface area contributed by atoms with Crippen molar-refractivity contribution in [3.63, 3.8) is 0 Å². The number of methoxy groups -OCH3 is 1. The molecule has 1 aromatic carbocycles. The molecule has 28 heavy (non-hydrogen) atoms. The third-order valence-electron chi connectivity index (χ3n) is 3.85. The van der Waals surface area contributed by atoms with Gasteiger partial charge in [0.05, 0.1) is 7.11 Å². The molecule has 0 saturated heterocycles. The fraction of sp³-hybridized carbons (Fsp3) is 0.600. The van der Waals surface area contributed by atoms with Crippen molar-refractivity contribution in [1.29, 1.82) is 0 Å². The van der Waals surface area contributed by atoms with Gasteiger partial charge in [0.25, 0.3) is 0 Å². The summed E-state index contributed by atoms with van der Waals surface area (Å²) in [6.45, 7) is 9.43. The molecule has 160 valence electrons. The number of hydrogen-bond acceptors (Lipinski definition) is 4. The van der Waals surface area contributed by atoms with Crippen molar-refractivity contribution in [3.8, 4) is 5.75 Å². The Bertz CT molecular complexity index is 645. The molecule has 1 rings (SSSR count). The Morgan fingerprint density at radius 1 is 1.21 bits per heavy atom. The quantitative estimate of drug-likeness (QED) is 0.338. The molecule has 0 atom stereocenters. The molecule has 0 radical (unpaired) electrons. The third kappa shape index (κ3) is 10.0. The normalized spacial score (nSPS) is 11.3. The fourth-order valence-electron chi connectivity index (χ4n) is 2.34. The standard InChI is InChI=1S/C20H34N4O3.HI/c1-15-8-9-16(14-17(15)26-7)10-11-22-18(21-5)23-12-13-24(6)19(25)27-20(2,3)4;/h8-9,14H,10-13H2,1-7H3,(H2,21,22,23);1H. The van der Waals surface area contributed by atoms with E-state index < -0.39 is 5.60 Å². The summed E-state index contributed by atoms with van der Waals surface area (Å²) in [6.07, 6.45) is 0.523. The van der Waals surface area contributed by atoms with Crippen molar-refractivity contribution in [2.45, 2.75) is 39.7 Å². The van der Waals surface area contributed by atoms with Gasteiger partial charge in [0, 0.05) is 33.7 Å². The van der Waals surface area contributed by atoms with Crippen molar-refractivity contribution in [1.82, 2.24) is 15.5 Å². The summed E-state index contributed by atoms with van der Waals surface area (Å²) in [5.74, 6) is 1.60. The van der Waals surface area contributed by atoms with Crippen LogP contribution >= 0.6 is 24.0 Å². The maximum atomic E-state index is 11.9. The summed E-state index contributed by atoms with van der Waals surface area (Å²) in [6, 6.07) is 6.22. The molecule has 0 saturated carbocycles. The largest absolute Gasteiger partial charge is 0.496 e. The van der Waals surface area contributed by atoms with Crippen LogP contribution in [0.15, 0.2) is 23.2 Å². The van der Waals surface area contributed by atoms with Gasteiger partial charge >= 0.3 is 6.09 Å². The smallest absolute Gasteiger partial charge is 0.410 e. The summed E-state index contributed by atoms with van der Waals surface area (Å²) in [5, 5.41) is 6.48. The molecule has 2 N–H and O–H groups in total. The molecular weight excluding hydrogens is 471 g/mol. The second-order valence-corrected chi connectivity index (χ2v) is 7.38. The van der Waals surface area contributed by atoms with Crippen LogP contribution in [0.4, 0.5) is 4.79 Å². The van der Waals surface area contributed by atoms with Crippen LogP contribution in [0.2, 0.25) is 0 Å². The number of benzene rings is 1. The molecule has 0 aliphatic carbocycles. The lowest BCUT2D eigenvalue weighted by molar-refractivity contribution is 0.0302. The lowest BCUT2D eigenvalue weighted by Gasteiger charge is -2.24. The number of nitrogens with one attached hydrogen (secondary N) is 2. The van der Waals surface area contributed by atoms with Gasteiger partial charge in [0.1, 0.15) is 11.4 Å². The van der Waals surface area contributed by atoms with Crippen molar-refractivity contribution < 1.29 is 14.3 Å². The zero-order valence-corrected chi connectivity index (χ0v) is 20.4. The average Bonchev–Trinajstić information content (AvgIpc) is 2.60. The molecule has 8 heteroatoms. The van der Waals surface area contributed by atoms with Crippen molar-refractivity contribution >= 4 is 36.0 Å². The lowest BCUT2D eigenvalue weighted by atomic mass is 10.1. The molecule has 0 spiro atoms. The Morgan fingerprint density at radius 2 is 1.86 bits per heavy atom. The van der Waals surface area contributed by atoms with Gasteiger partial charge in [0.15, 0.2) is 5.96 Å². The summed E-state index contributed by atoms with van der Waals surface area (Å²) < 4.78 is 10.7. The number of amides is 1. The number of carbonyl (C=O) groups is 1. The topological polar surface area (TPSA) is 75.2 Å². The van der Waals surface area contributed by atoms with Gasteiger partial charge < -0.3 is 25.0 Å². The number of aryl methyl sites for hydroxylation is 1. The summed E-state index contributed by atoms with van der Waals surface area (Å²) >= 11 is 0. The molecule has 7 nitrogen and oxygen atoms in total. The van der Waals surface area contributed by atoms with Crippen LogP contribution in [-0.2, 0) is 11.2 Å². The van der Waals surface area contributed by atoms with Crippen molar-refractivity contribution in [2.75, 3.05) is 40.8 Å². The van der Waals surface area contributed by atoms with E-state index in [4.69, 9.17) is 9.47 Å². The number of rotatable bonds is 7.